The van der Waals surface area contributed by atoms with Crippen LogP contribution in [0.4, 0.5) is 0 Å². The molecule has 1 rings (SSSR count). The van der Waals surface area contributed by atoms with Gasteiger partial charge in [0.1, 0.15) is 0 Å². The third-order valence-corrected chi connectivity index (χ3v) is 3.47. The average Bonchev–Trinajstić information content (AvgIpc) is 2.31. The average molecular weight is 239 g/mol. The van der Waals surface area contributed by atoms with Gasteiger partial charge in [0.25, 0.3) is 0 Å². The highest BCUT2D eigenvalue weighted by Crippen LogP contribution is 2.20. The zero-order valence-corrected chi connectivity index (χ0v) is 10.7. The largest absolute Gasteiger partial charge is 0.396 e. The topological polar surface area (TPSA) is 32.3 Å². The molecular weight excluding hydrogens is 218 g/mol. The fraction of sp³-hybridized carbons (Fsp3) is 0.538. The van der Waals surface area contributed by atoms with Crippen LogP contribution in [-0.2, 0) is 6.54 Å². The summed E-state index contributed by atoms with van der Waals surface area (Å²) in [7, 11) is 1.96. The standard InChI is InChI=1S/C13H21NOS/c1-14-11-12-5-7-13(8-6-12)16-10-4-2-3-9-15/h5-8,14-15H,2-4,9-11H2,1H3. The Bertz CT molecular complexity index is 274. The first kappa shape index (κ1) is 13.6. The first-order valence-electron chi connectivity index (χ1n) is 5.84. The van der Waals surface area contributed by atoms with Crippen LogP contribution in [0, 0.1) is 0 Å². The molecule has 0 saturated heterocycles. The minimum Gasteiger partial charge on any atom is -0.396 e. The van der Waals surface area contributed by atoms with E-state index in [0.29, 0.717) is 6.61 Å². The van der Waals surface area contributed by atoms with Gasteiger partial charge in [-0.2, -0.15) is 0 Å². The third kappa shape index (κ3) is 5.54. The van der Waals surface area contributed by atoms with E-state index in [1.54, 1.807) is 0 Å². The predicted octanol–water partition coefficient (Wildman–Crippen LogP) is 2.66. The van der Waals surface area contributed by atoms with E-state index in [-0.39, 0.29) is 0 Å². The monoisotopic (exact) mass is 239 g/mol. The molecule has 0 aliphatic carbocycles. The molecular formula is C13H21NOS. The number of aliphatic hydroxyl groups is 1. The maximum absolute atomic E-state index is 8.65. The Morgan fingerprint density at radius 1 is 1.12 bits per heavy atom. The lowest BCUT2D eigenvalue weighted by molar-refractivity contribution is 0.284. The summed E-state index contributed by atoms with van der Waals surface area (Å²) in [5.41, 5.74) is 1.33. The lowest BCUT2D eigenvalue weighted by atomic mass is 10.2. The summed E-state index contributed by atoms with van der Waals surface area (Å²) in [6.07, 6.45) is 3.24. The molecule has 0 bridgehead atoms. The molecule has 1 aromatic rings. The van der Waals surface area contributed by atoms with Crippen LogP contribution in [0.2, 0.25) is 0 Å². The van der Waals surface area contributed by atoms with Gasteiger partial charge in [0, 0.05) is 18.0 Å². The third-order valence-electron chi connectivity index (χ3n) is 2.38. The molecule has 0 heterocycles. The van der Waals surface area contributed by atoms with Crippen molar-refractivity contribution in [2.75, 3.05) is 19.4 Å². The fourth-order valence-electron chi connectivity index (χ4n) is 1.49. The van der Waals surface area contributed by atoms with Crippen molar-refractivity contribution in [3.8, 4) is 0 Å². The van der Waals surface area contributed by atoms with Crippen LogP contribution in [0.15, 0.2) is 29.2 Å². The number of aliphatic hydroxyl groups excluding tert-OH is 1. The Kier molecular flexibility index (Phi) is 7.30. The van der Waals surface area contributed by atoms with Gasteiger partial charge >= 0.3 is 0 Å². The van der Waals surface area contributed by atoms with Crippen molar-refractivity contribution in [1.82, 2.24) is 5.32 Å². The van der Waals surface area contributed by atoms with Gasteiger partial charge in [-0.3, -0.25) is 0 Å². The highest BCUT2D eigenvalue weighted by Gasteiger charge is 1.95. The van der Waals surface area contributed by atoms with Crippen molar-refractivity contribution in [3.05, 3.63) is 29.8 Å². The van der Waals surface area contributed by atoms with Gasteiger partial charge in [-0.1, -0.05) is 18.6 Å². The van der Waals surface area contributed by atoms with E-state index in [1.165, 1.54) is 16.9 Å². The Labute approximate surface area is 102 Å². The van der Waals surface area contributed by atoms with E-state index in [2.05, 4.69) is 29.6 Å². The van der Waals surface area contributed by atoms with Crippen LogP contribution in [0.25, 0.3) is 0 Å². The predicted molar refractivity (Wildman–Crippen MR) is 70.9 cm³/mol. The maximum atomic E-state index is 8.65. The van der Waals surface area contributed by atoms with E-state index < -0.39 is 0 Å². The molecule has 1 aromatic carbocycles. The van der Waals surface area contributed by atoms with Crippen molar-refractivity contribution in [3.63, 3.8) is 0 Å². The highest BCUT2D eigenvalue weighted by molar-refractivity contribution is 7.99. The zero-order chi connectivity index (χ0) is 11.6. The molecule has 0 aliphatic heterocycles. The van der Waals surface area contributed by atoms with E-state index in [9.17, 15) is 0 Å². The van der Waals surface area contributed by atoms with E-state index >= 15 is 0 Å². The molecule has 16 heavy (non-hydrogen) atoms. The molecule has 0 aromatic heterocycles. The summed E-state index contributed by atoms with van der Waals surface area (Å²) in [4.78, 5) is 1.34. The summed E-state index contributed by atoms with van der Waals surface area (Å²) in [6, 6.07) is 8.71. The minimum absolute atomic E-state index is 0.323. The van der Waals surface area contributed by atoms with E-state index in [1.807, 2.05) is 18.8 Å². The number of benzene rings is 1. The van der Waals surface area contributed by atoms with Crippen LogP contribution >= 0.6 is 11.8 Å². The van der Waals surface area contributed by atoms with Crippen LogP contribution in [0.5, 0.6) is 0 Å². The summed E-state index contributed by atoms with van der Waals surface area (Å²) in [5.74, 6) is 1.14. The highest BCUT2D eigenvalue weighted by atomic mass is 32.2. The van der Waals surface area contributed by atoms with Crippen molar-refractivity contribution >= 4 is 11.8 Å². The number of nitrogens with one attached hydrogen (secondary N) is 1. The van der Waals surface area contributed by atoms with Crippen molar-refractivity contribution < 1.29 is 5.11 Å². The molecule has 90 valence electrons. The molecule has 2 nitrogen and oxygen atoms in total. The first-order valence-corrected chi connectivity index (χ1v) is 6.82. The molecule has 0 atom stereocenters. The van der Waals surface area contributed by atoms with Crippen LogP contribution in [0.3, 0.4) is 0 Å². The minimum atomic E-state index is 0.323. The Hall–Kier alpha value is -0.510. The SMILES string of the molecule is CNCc1ccc(SCCCCCO)cc1. The number of hydrogen-bond acceptors (Lipinski definition) is 3. The normalized spacial score (nSPS) is 10.6. The molecule has 0 radical (unpaired) electrons. The molecule has 0 spiro atoms. The number of thioether (sulfide) groups is 1. The second-order valence-corrected chi connectivity index (χ2v) is 4.98. The molecule has 0 aliphatic rings. The molecule has 3 heteroatoms. The lowest BCUT2D eigenvalue weighted by Gasteiger charge is -2.03. The number of rotatable bonds is 8. The summed E-state index contributed by atoms with van der Waals surface area (Å²) in [6.45, 7) is 1.25. The van der Waals surface area contributed by atoms with Gasteiger partial charge in [-0.15, -0.1) is 11.8 Å². The van der Waals surface area contributed by atoms with Gasteiger partial charge in [0.2, 0.25) is 0 Å². The van der Waals surface area contributed by atoms with Crippen molar-refractivity contribution in [1.29, 1.82) is 0 Å². The second kappa shape index (κ2) is 8.62. The van der Waals surface area contributed by atoms with Gasteiger partial charge in [-0.05, 0) is 43.3 Å². The number of unbranched alkanes of at least 4 members (excludes halogenated alkanes) is 2. The number of hydrogen-bond donors (Lipinski definition) is 2. The Morgan fingerprint density at radius 3 is 2.50 bits per heavy atom. The van der Waals surface area contributed by atoms with Crippen LogP contribution < -0.4 is 5.32 Å². The molecule has 0 saturated carbocycles. The van der Waals surface area contributed by atoms with Gasteiger partial charge in [-0.25, -0.2) is 0 Å². The fourth-order valence-corrected chi connectivity index (χ4v) is 2.40. The first-order chi connectivity index (χ1) is 7.86. The summed E-state index contributed by atoms with van der Waals surface area (Å²) < 4.78 is 0. The zero-order valence-electron chi connectivity index (χ0n) is 9.91. The Morgan fingerprint density at radius 2 is 1.88 bits per heavy atom. The van der Waals surface area contributed by atoms with E-state index in [4.69, 9.17) is 5.11 Å². The molecule has 0 amide bonds. The second-order valence-electron chi connectivity index (χ2n) is 3.81. The van der Waals surface area contributed by atoms with Gasteiger partial charge in [0.15, 0.2) is 0 Å². The smallest absolute Gasteiger partial charge is 0.0431 e. The lowest BCUT2D eigenvalue weighted by Crippen LogP contribution is -2.04. The molecule has 0 fully saturated rings. The summed E-state index contributed by atoms with van der Waals surface area (Å²) in [5, 5.41) is 11.8. The van der Waals surface area contributed by atoms with E-state index in [0.717, 1.165) is 25.1 Å². The van der Waals surface area contributed by atoms with Crippen LogP contribution in [-0.4, -0.2) is 24.5 Å². The molecule has 2 N–H and O–H groups in total. The Balaban J connectivity index is 2.21. The van der Waals surface area contributed by atoms with Gasteiger partial charge in [0.05, 0.1) is 0 Å². The van der Waals surface area contributed by atoms with Gasteiger partial charge < -0.3 is 10.4 Å². The maximum Gasteiger partial charge on any atom is 0.0431 e. The van der Waals surface area contributed by atoms with Crippen molar-refractivity contribution in [2.45, 2.75) is 30.7 Å². The quantitative estimate of drug-likeness (QED) is 0.540. The summed E-state index contributed by atoms with van der Waals surface area (Å²) >= 11 is 1.90. The van der Waals surface area contributed by atoms with Crippen LogP contribution in [0.1, 0.15) is 24.8 Å². The van der Waals surface area contributed by atoms with Crippen molar-refractivity contribution in [2.24, 2.45) is 0 Å². The molecule has 0 unspecified atom stereocenters.